The van der Waals surface area contributed by atoms with E-state index in [0.717, 1.165) is 6.42 Å². The Morgan fingerprint density at radius 2 is 1.60 bits per heavy atom. The van der Waals surface area contributed by atoms with E-state index in [1.165, 1.54) is 0 Å². The van der Waals surface area contributed by atoms with Crippen molar-refractivity contribution >= 4 is 0 Å². The SMILES string of the molecule is CCC(N)(CCO)CCO. The van der Waals surface area contributed by atoms with E-state index < -0.39 is 0 Å². The Kier molecular flexibility index (Phi) is 4.60. The van der Waals surface area contributed by atoms with Gasteiger partial charge in [0.05, 0.1) is 0 Å². The summed E-state index contributed by atoms with van der Waals surface area (Å²) in [7, 11) is 0. The number of hydrogen-bond donors (Lipinski definition) is 3. The quantitative estimate of drug-likeness (QED) is 0.507. The minimum absolute atomic E-state index is 0.102. The first-order chi connectivity index (χ1) is 4.68. The highest BCUT2D eigenvalue weighted by Gasteiger charge is 2.20. The summed E-state index contributed by atoms with van der Waals surface area (Å²) in [6.07, 6.45) is 1.95. The zero-order valence-corrected chi connectivity index (χ0v) is 6.51. The van der Waals surface area contributed by atoms with Crippen LogP contribution in [0.1, 0.15) is 26.2 Å². The molecule has 0 saturated heterocycles. The van der Waals surface area contributed by atoms with Crippen molar-refractivity contribution in [2.24, 2.45) is 5.73 Å². The molecule has 0 spiro atoms. The lowest BCUT2D eigenvalue weighted by Gasteiger charge is -2.26. The summed E-state index contributed by atoms with van der Waals surface area (Å²) in [6.45, 7) is 2.17. The lowest BCUT2D eigenvalue weighted by atomic mass is 9.90. The van der Waals surface area contributed by atoms with Crippen molar-refractivity contribution in [3.63, 3.8) is 0 Å². The molecule has 0 aliphatic rings. The Labute approximate surface area is 61.9 Å². The van der Waals surface area contributed by atoms with Crippen LogP contribution in [0.25, 0.3) is 0 Å². The van der Waals surface area contributed by atoms with E-state index in [4.69, 9.17) is 15.9 Å². The molecule has 0 aromatic carbocycles. The second-order valence-corrected chi connectivity index (χ2v) is 2.66. The normalized spacial score (nSPS) is 12.0. The molecule has 0 bridgehead atoms. The minimum atomic E-state index is -0.358. The number of nitrogens with two attached hydrogens (primary N) is 1. The lowest BCUT2D eigenvalue weighted by molar-refractivity contribution is 0.189. The molecule has 0 heterocycles. The first-order valence-electron chi connectivity index (χ1n) is 3.69. The molecule has 0 fully saturated rings. The van der Waals surface area contributed by atoms with E-state index in [1.807, 2.05) is 6.92 Å². The number of hydrogen-bond acceptors (Lipinski definition) is 3. The Morgan fingerprint density at radius 1 is 1.20 bits per heavy atom. The molecule has 0 saturated carbocycles. The molecule has 62 valence electrons. The molecule has 10 heavy (non-hydrogen) atoms. The topological polar surface area (TPSA) is 66.5 Å². The monoisotopic (exact) mass is 147 g/mol. The molecule has 0 amide bonds. The molecule has 0 aliphatic heterocycles. The zero-order valence-electron chi connectivity index (χ0n) is 6.51. The standard InChI is InChI=1S/C7H17NO2/c1-2-7(8,3-5-9)4-6-10/h9-10H,2-6,8H2,1H3. The van der Waals surface area contributed by atoms with Crippen LogP contribution in [0, 0.1) is 0 Å². The molecule has 0 aliphatic carbocycles. The van der Waals surface area contributed by atoms with Gasteiger partial charge in [0.2, 0.25) is 0 Å². The highest BCUT2D eigenvalue weighted by molar-refractivity contribution is 4.81. The third-order valence-corrected chi connectivity index (χ3v) is 1.92. The molecule has 0 unspecified atom stereocenters. The van der Waals surface area contributed by atoms with Crippen molar-refractivity contribution in [3.05, 3.63) is 0 Å². The van der Waals surface area contributed by atoms with Gasteiger partial charge in [0.1, 0.15) is 0 Å². The maximum absolute atomic E-state index is 8.60. The average Bonchev–Trinajstić information content (AvgIpc) is 1.89. The predicted molar refractivity (Wildman–Crippen MR) is 40.6 cm³/mol. The van der Waals surface area contributed by atoms with Crippen LogP contribution in [0.2, 0.25) is 0 Å². The van der Waals surface area contributed by atoms with E-state index in [1.54, 1.807) is 0 Å². The summed E-state index contributed by atoms with van der Waals surface area (Å²) in [5.41, 5.74) is 5.44. The van der Waals surface area contributed by atoms with E-state index in [2.05, 4.69) is 0 Å². The van der Waals surface area contributed by atoms with Crippen LogP contribution in [0.5, 0.6) is 0 Å². The Bertz CT molecular complexity index is 79.7. The van der Waals surface area contributed by atoms with Gasteiger partial charge in [0.15, 0.2) is 0 Å². The van der Waals surface area contributed by atoms with Crippen LogP contribution in [-0.4, -0.2) is 29.0 Å². The minimum Gasteiger partial charge on any atom is -0.396 e. The van der Waals surface area contributed by atoms with Crippen LogP contribution in [0.15, 0.2) is 0 Å². The lowest BCUT2D eigenvalue weighted by Crippen LogP contribution is -2.40. The van der Waals surface area contributed by atoms with E-state index in [9.17, 15) is 0 Å². The van der Waals surface area contributed by atoms with Gasteiger partial charge in [-0.2, -0.15) is 0 Å². The molecule has 0 aromatic rings. The maximum Gasteiger partial charge on any atom is 0.0448 e. The van der Waals surface area contributed by atoms with Crippen molar-refractivity contribution < 1.29 is 10.2 Å². The molecule has 0 rings (SSSR count). The summed E-state index contributed by atoms with van der Waals surface area (Å²) in [4.78, 5) is 0. The van der Waals surface area contributed by atoms with Gasteiger partial charge in [-0.05, 0) is 19.3 Å². The Hall–Kier alpha value is -0.120. The van der Waals surface area contributed by atoms with Crippen LogP contribution in [0.4, 0.5) is 0 Å². The Balaban J connectivity index is 3.69. The molecule has 4 N–H and O–H groups in total. The van der Waals surface area contributed by atoms with Gasteiger partial charge in [-0.25, -0.2) is 0 Å². The van der Waals surface area contributed by atoms with Gasteiger partial charge < -0.3 is 15.9 Å². The van der Waals surface area contributed by atoms with Gasteiger partial charge in [0, 0.05) is 18.8 Å². The largest absolute Gasteiger partial charge is 0.396 e. The fourth-order valence-corrected chi connectivity index (χ4v) is 0.924. The zero-order chi connectivity index (χ0) is 8.04. The van der Waals surface area contributed by atoms with E-state index in [-0.39, 0.29) is 18.8 Å². The molecular weight excluding hydrogens is 130 g/mol. The van der Waals surface area contributed by atoms with Crippen LogP contribution in [0.3, 0.4) is 0 Å². The van der Waals surface area contributed by atoms with E-state index in [0.29, 0.717) is 12.8 Å². The third kappa shape index (κ3) is 3.15. The first-order valence-corrected chi connectivity index (χ1v) is 3.69. The fourth-order valence-electron chi connectivity index (χ4n) is 0.924. The molecule has 0 atom stereocenters. The summed E-state index contributed by atoms with van der Waals surface area (Å²) in [5, 5.41) is 17.2. The first kappa shape index (κ1) is 9.88. The molecule has 3 heteroatoms. The van der Waals surface area contributed by atoms with Gasteiger partial charge in [-0.1, -0.05) is 6.92 Å². The summed E-state index contributed by atoms with van der Waals surface area (Å²) < 4.78 is 0. The van der Waals surface area contributed by atoms with Gasteiger partial charge in [0.25, 0.3) is 0 Å². The maximum atomic E-state index is 8.60. The summed E-state index contributed by atoms with van der Waals surface area (Å²) in [5.74, 6) is 0. The highest BCUT2D eigenvalue weighted by atomic mass is 16.3. The Morgan fingerprint density at radius 3 is 1.80 bits per heavy atom. The third-order valence-electron chi connectivity index (χ3n) is 1.92. The predicted octanol–water partition coefficient (Wildman–Crippen LogP) is -0.141. The van der Waals surface area contributed by atoms with Crippen LogP contribution in [-0.2, 0) is 0 Å². The van der Waals surface area contributed by atoms with Crippen molar-refractivity contribution in [3.8, 4) is 0 Å². The second kappa shape index (κ2) is 4.66. The van der Waals surface area contributed by atoms with Crippen LogP contribution >= 0.6 is 0 Å². The second-order valence-electron chi connectivity index (χ2n) is 2.66. The summed E-state index contributed by atoms with van der Waals surface area (Å²) in [6, 6.07) is 0. The summed E-state index contributed by atoms with van der Waals surface area (Å²) >= 11 is 0. The average molecular weight is 147 g/mol. The number of rotatable bonds is 5. The van der Waals surface area contributed by atoms with Gasteiger partial charge in [-0.15, -0.1) is 0 Å². The van der Waals surface area contributed by atoms with Crippen LogP contribution < -0.4 is 5.73 Å². The smallest absolute Gasteiger partial charge is 0.0448 e. The molecule has 0 radical (unpaired) electrons. The molecular formula is C7H17NO2. The fraction of sp³-hybridized carbons (Fsp3) is 1.00. The highest BCUT2D eigenvalue weighted by Crippen LogP contribution is 2.14. The number of aliphatic hydroxyl groups is 2. The van der Waals surface area contributed by atoms with Crippen molar-refractivity contribution in [2.45, 2.75) is 31.7 Å². The van der Waals surface area contributed by atoms with Gasteiger partial charge in [-0.3, -0.25) is 0 Å². The molecule has 0 aromatic heterocycles. The molecule has 3 nitrogen and oxygen atoms in total. The van der Waals surface area contributed by atoms with Crippen molar-refractivity contribution in [1.29, 1.82) is 0 Å². The van der Waals surface area contributed by atoms with Gasteiger partial charge >= 0.3 is 0 Å². The van der Waals surface area contributed by atoms with Crippen molar-refractivity contribution in [1.82, 2.24) is 0 Å². The number of aliphatic hydroxyl groups excluding tert-OH is 2. The van der Waals surface area contributed by atoms with E-state index >= 15 is 0 Å². The van der Waals surface area contributed by atoms with Crippen molar-refractivity contribution in [2.75, 3.05) is 13.2 Å².